The minimum Gasteiger partial charge on any atom is -0.495 e. The first kappa shape index (κ1) is 14.0. The van der Waals surface area contributed by atoms with Gasteiger partial charge in [-0.3, -0.25) is 4.79 Å². The Morgan fingerprint density at radius 1 is 1.47 bits per heavy atom. The predicted molar refractivity (Wildman–Crippen MR) is 70.6 cm³/mol. The molecule has 0 saturated carbocycles. The van der Waals surface area contributed by atoms with Gasteiger partial charge >= 0.3 is 5.97 Å². The van der Waals surface area contributed by atoms with Gasteiger partial charge in [0.1, 0.15) is 5.75 Å². The van der Waals surface area contributed by atoms with Gasteiger partial charge < -0.3 is 9.84 Å². The normalized spacial score (nSPS) is 11.4. The van der Waals surface area contributed by atoms with E-state index < -0.39 is 11.4 Å². The standard InChI is InChI=1S/C13H17BrO3/c1-8-5-6-10(14)11(17-4)9(8)7-13(2,3)12(15)16/h5-6H,7H2,1-4H3,(H,15,16). The minimum absolute atomic E-state index is 0.441. The van der Waals surface area contributed by atoms with Gasteiger partial charge in [-0.05, 0) is 60.3 Å². The van der Waals surface area contributed by atoms with Crippen LogP contribution in [-0.4, -0.2) is 18.2 Å². The van der Waals surface area contributed by atoms with E-state index in [-0.39, 0.29) is 0 Å². The number of benzene rings is 1. The van der Waals surface area contributed by atoms with E-state index >= 15 is 0 Å². The predicted octanol–water partition coefficient (Wildman–Crippen LogP) is 3.42. The molecule has 0 spiro atoms. The molecule has 0 atom stereocenters. The molecule has 1 aromatic carbocycles. The van der Waals surface area contributed by atoms with Crippen molar-refractivity contribution in [2.45, 2.75) is 27.2 Å². The highest BCUT2D eigenvalue weighted by Gasteiger charge is 2.29. The van der Waals surface area contributed by atoms with E-state index in [4.69, 9.17) is 4.74 Å². The van der Waals surface area contributed by atoms with Crippen LogP contribution in [0.25, 0.3) is 0 Å². The Morgan fingerprint density at radius 2 is 2.06 bits per heavy atom. The van der Waals surface area contributed by atoms with E-state index in [9.17, 15) is 9.90 Å². The average molecular weight is 301 g/mol. The largest absolute Gasteiger partial charge is 0.495 e. The van der Waals surface area contributed by atoms with Crippen molar-refractivity contribution in [3.63, 3.8) is 0 Å². The lowest BCUT2D eigenvalue weighted by Gasteiger charge is -2.22. The van der Waals surface area contributed by atoms with Crippen LogP contribution < -0.4 is 4.74 Å². The fraction of sp³-hybridized carbons (Fsp3) is 0.462. The van der Waals surface area contributed by atoms with Gasteiger partial charge in [0.05, 0.1) is 17.0 Å². The summed E-state index contributed by atoms with van der Waals surface area (Å²) in [6, 6.07) is 3.87. The first-order valence-electron chi connectivity index (χ1n) is 5.35. The summed E-state index contributed by atoms with van der Waals surface area (Å²) in [5, 5.41) is 9.17. The lowest BCUT2D eigenvalue weighted by atomic mass is 9.84. The number of carboxylic acids is 1. The number of rotatable bonds is 4. The Hall–Kier alpha value is -1.03. The first-order chi connectivity index (χ1) is 7.79. The molecule has 0 heterocycles. The van der Waals surface area contributed by atoms with Crippen LogP contribution in [0.2, 0.25) is 0 Å². The highest BCUT2D eigenvalue weighted by molar-refractivity contribution is 9.10. The van der Waals surface area contributed by atoms with Crippen LogP contribution in [-0.2, 0) is 11.2 Å². The molecule has 17 heavy (non-hydrogen) atoms. The minimum atomic E-state index is -0.807. The van der Waals surface area contributed by atoms with E-state index in [0.29, 0.717) is 6.42 Å². The van der Waals surface area contributed by atoms with Gasteiger partial charge in [0.2, 0.25) is 0 Å². The zero-order valence-corrected chi connectivity index (χ0v) is 12.1. The van der Waals surface area contributed by atoms with Crippen molar-refractivity contribution >= 4 is 21.9 Å². The molecule has 0 aromatic heterocycles. The molecule has 0 amide bonds. The molecule has 0 aliphatic rings. The van der Waals surface area contributed by atoms with E-state index in [1.165, 1.54) is 0 Å². The molecule has 0 saturated heterocycles. The summed E-state index contributed by atoms with van der Waals surface area (Å²) in [5.74, 6) is -0.0850. The van der Waals surface area contributed by atoms with Crippen LogP contribution in [0.5, 0.6) is 5.75 Å². The number of hydrogen-bond acceptors (Lipinski definition) is 2. The number of halogens is 1. The highest BCUT2D eigenvalue weighted by atomic mass is 79.9. The second-order valence-corrected chi connectivity index (χ2v) is 5.60. The van der Waals surface area contributed by atoms with Crippen molar-refractivity contribution in [3.8, 4) is 5.75 Å². The number of aliphatic carboxylic acids is 1. The van der Waals surface area contributed by atoms with Gasteiger partial charge in [-0.1, -0.05) is 6.07 Å². The second-order valence-electron chi connectivity index (χ2n) is 4.74. The van der Waals surface area contributed by atoms with Crippen LogP contribution in [0.15, 0.2) is 16.6 Å². The number of methoxy groups -OCH3 is 1. The first-order valence-corrected chi connectivity index (χ1v) is 6.14. The molecule has 1 N–H and O–H groups in total. The van der Waals surface area contributed by atoms with E-state index in [0.717, 1.165) is 21.3 Å². The fourth-order valence-electron chi connectivity index (χ4n) is 1.66. The zero-order chi connectivity index (χ0) is 13.2. The van der Waals surface area contributed by atoms with Gasteiger partial charge in [0.15, 0.2) is 0 Å². The van der Waals surface area contributed by atoms with Crippen molar-refractivity contribution in [1.82, 2.24) is 0 Å². The summed E-state index contributed by atoms with van der Waals surface area (Å²) >= 11 is 3.41. The van der Waals surface area contributed by atoms with Gasteiger partial charge in [-0.15, -0.1) is 0 Å². The van der Waals surface area contributed by atoms with Crippen molar-refractivity contribution in [2.24, 2.45) is 5.41 Å². The third-order valence-electron chi connectivity index (χ3n) is 2.85. The van der Waals surface area contributed by atoms with Gasteiger partial charge in [-0.25, -0.2) is 0 Å². The third-order valence-corrected chi connectivity index (χ3v) is 3.47. The molecule has 1 aromatic rings. The van der Waals surface area contributed by atoms with E-state index in [1.807, 2.05) is 19.1 Å². The number of carbonyl (C=O) groups is 1. The number of hydrogen-bond donors (Lipinski definition) is 1. The third kappa shape index (κ3) is 3.00. The van der Waals surface area contributed by atoms with Gasteiger partial charge in [-0.2, -0.15) is 0 Å². The maximum atomic E-state index is 11.2. The van der Waals surface area contributed by atoms with Crippen LogP contribution in [0.1, 0.15) is 25.0 Å². The molecular weight excluding hydrogens is 284 g/mol. The van der Waals surface area contributed by atoms with Crippen LogP contribution >= 0.6 is 15.9 Å². The van der Waals surface area contributed by atoms with Gasteiger partial charge in [0, 0.05) is 0 Å². The van der Waals surface area contributed by atoms with Crippen LogP contribution in [0.3, 0.4) is 0 Å². The van der Waals surface area contributed by atoms with Crippen molar-refractivity contribution in [1.29, 1.82) is 0 Å². The number of aryl methyl sites for hydroxylation is 1. The van der Waals surface area contributed by atoms with E-state index in [2.05, 4.69) is 15.9 Å². The van der Waals surface area contributed by atoms with E-state index in [1.54, 1.807) is 21.0 Å². The molecule has 0 fully saturated rings. The molecular formula is C13H17BrO3. The highest BCUT2D eigenvalue weighted by Crippen LogP contribution is 2.35. The molecule has 0 radical (unpaired) electrons. The molecule has 3 nitrogen and oxygen atoms in total. The molecule has 0 aliphatic carbocycles. The maximum Gasteiger partial charge on any atom is 0.309 e. The average Bonchev–Trinajstić information content (AvgIpc) is 2.23. The van der Waals surface area contributed by atoms with Crippen molar-refractivity contribution in [3.05, 3.63) is 27.7 Å². The number of carboxylic acid groups (broad SMARTS) is 1. The van der Waals surface area contributed by atoms with Crippen molar-refractivity contribution in [2.75, 3.05) is 7.11 Å². The molecule has 1 rings (SSSR count). The summed E-state index contributed by atoms with van der Waals surface area (Å²) in [6.45, 7) is 5.40. The Labute approximate surface area is 110 Å². The molecule has 0 unspecified atom stereocenters. The fourth-order valence-corrected chi connectivity index (χ4v) is 2.19. The monoisotopic (exact) mass is 300 g/mol. The topological polar surface area (TPSA) is 46.5 Å². The Morgan fingerprint density at radius 3 is 2.53 bits per heavy atom. The molecule has 4 heteroatoms. The smallest absolute Gasteiger partial charge is 0.309 e. The quantitative estimate of drug-likeness (QED) is 0.927. The summed E-state index contributed by atoms with van der Waals surface area (Å²) in [6.07, 6.45) is 0.441. The Kier molecular flexibility index (Phi) is 4.20. The maximum absolute atomic E-state index is 11.2. The summed E-state index contributed by atoms with van der Waals surface area (Å²) in [5.41, 5.74) is 1.17. The van der Waals surface area contributed by atoms with Crippen LogP contribution in [0, 0.1) is 12.3 Å². The second kappa shape index (κ2) is 5.08. The Balaban J connectivity index is 3.22. The molecule has 0 aliphatic heterocycles. The van der Waals surface area contributed by atoms with Crippen molar-refractivity contribution < 1.29 is 14.6 Å². The summed E-state index contributed by atoms with van der Waals surface area (Å²) in [7, 11) is 1.59. The lowest BCUT2D eigenvalue weighted by Crippen LogP contribution is -2.26. The van der Waals surface area contributed by atoms with Gasteiger partial charge in [0.25, 0.3) is 0 Å². The SMILES string of the molecule is COc1c(Br)ccc(C)c1CC(C)(C)C(=O)O. The lowest BCUT2D eigenvalue weighted by molar-refractivity contribution is -0.146. The Bertz CT molecular complexity index is 439. The zero-order valence-electron chi connectivity index (χ0n) is 10.5. The summed E-state index contributed by atoms with van der Waals surface area (Å²) < 4.78 is 6.19. The molecule has 0 bridgehead atoms. The summed E-state index contributed by atoms with van der Waals surface area (Å²) in [4.78, 5) is 11.2. The van der Waals surface area contributed by atoms with Crippen LogP contribution in [0.4, 0.5) is 0 Å². The number of ether oxygens (including phenoxy) is 1. The molecule has 94 valence electrons.